The number of hydrogen-bond acceptors (Lipinski definition) is 3. The Morgan fingerprint density at radius 3 is 2.89 bits per heavy atom. The molecule has 3 unspecified atom stereocenters. The van der Waals surface area contributed by atoms with E-state index in [0.29, 0.717) is 23.0 Å². The van der Waals surface area contributed by atoms with Gasteiger partial charge in [0.25, 0.3) is 0 Å². The summed E-state index contributed by atoms with van der Waals surface area (Å²) in [5, 5.41) is 10.5. The second kappa shape index (κ2) is 6.04. The molecule has 1 aromatic rings. The topological polar surface area (TPSA) is 40.5 Å². The van der Waals surface area contributed by atoms with Crippen LogP contribution in [-0.4, -0.2) is 41.0 Å². The van der Waals surface area contributed by atoms with Crippen molar-refractivity contribution < 1.29 is 9.90 Å². The van der Waals surface area contributed by atoms with E-state index in [2.05, 4.69) is 0 Å². The monoisotopic (exact) mass is 281 g/mol. The number of aliphatic hydroxyl groups excluding tert-OH is 1. The predicted molar refractivity (Wildman–Crippen MR) is 76.6 cm³/mol. The van der Waals surface area contributed by atoms with Crippen LogP contribution < -0.4 is 0 Å². The van der Waals surface area contributed by atoms with Gasteiger partial charge in [-0.15, -0.1) is 0 Å². The number of piperidine rings is 1. The first-order chi connectivity index (χ1) is 8.99. The van der Waals surface area contributed by atoms with Gasteiger partial charge >= 0.3 is 0 Å². The average molecular weight is 282 g/mol. The third-order valence-electron chi connectivity index (χ3n) is 3.99. The van der Waals surface area contributed by atoms with Gasteiger partial charge in [-0.05, 0) is 37.9 Å². The molecule has 0 bridgehead atoms. The molecule has 3 nitrogen and oxygen atoms in total. The Bertz CT molecular complexity index is 463. The molecule has 0 aromatic heterocycles. The van der Waals surface area contributed by atoms with E-state index in [1.54, 1.807) is 24.3 Å². The molecule has 1 saturated heterocycles. The lowest BCUT2D eigenvalue weighted by Crippen LogP contribution is -2.49. The van der Waals surface area contributed by atoms with E-state index in [9.17, 15) is 9.90 Å². The minimum absolute atomic E-state index is 0.0595. The summed E-state index contributed by atoms with van der Waals surface area (Å²) in [6.45, 7) is 5.36. The molecule has 104 valence electrons. The van der Waals surface area contributed by atoms with E-state index in [0.717, 1.165) is 13.0 Å². The highest BCUT2D eigenvalue weighted by Crippen LogP contribution is 2.21. The Morgan fingerprint density at radius 1 is 1.53 bits per heavy atom. The minimum atomic E-state index is -0.344. The van der Waals surface area contributed by atoms with Gasteiger partial charge in [0, 0.05) is 17.1 Å². The van der Waals surface area contributed by atoms with Crippen molar-refractivity contribution in [3.05, 3.63) is 34.9 Å². The maximum atomic E-state index is 12.4. The summed E-state index contributed by atoms with van der Waals surface area (Å²) in [7, 11) is 0. The van der Waals surface area contributed by atoms with Gasteiger partial charge in [0.15, 0.2) is 5.78 Å². The smallest absolute Gasteiger partial charge is 0.179 e. The van der Waals surface area contributed by atoms with Crippen molar-refractivity contribution in [3.8, 4) is 0 Å². The zero-order valence-corrected chi connectivity index (χ0v) is 12.1. The van der Waals surface area contributed by atoms with Gasteiger partial charge in [-0.1, -0.05) is 30.7 Å². The highest BCUT2D eigenvalue weighted by atomic mass is 35.5. The third kappa shape index (κ3) is 3.35. The van der Waals surface area contributed by atoms with Gasteiger partial charge in [0.1, 0.15) is 0 Å². The van der Waals surface area contributed by atoms with Crippen molar-refractivity contribution >= 4 is 17.4 Å². The summed E-state index contributed by atoms with van der Waals surface area (Å²) in [5.41, 5.74) is 0.633. The van der Waals surface area contributed by atoms with E-state index in [4.69, 9.17) is 11.6 Å². The summed E-state index contributed by atoms with van der Waals surface area (Å²) in [6, 6.07) is 6.81. The fraction of sp³-hybridized carbons (Fsp3) is 0.533. The summed E-state index contributed by atoms with van der Waals surface area (Å²) < 4.78 is 0. The standard InChI is InChI=1S/C15H20ClNO2/c1-10-6-7-17(9-14(10)18)11(2)15(19)12-4-3-5-13(16)8-12/h3-5,8,10-11,14,18H,6-7,9H2,1-2H3. The van der Waals surface area contributed by atoms with Crippen LogP contribution in [0.25, 0.3) is 0 Å². The van der Waals surface area contributed by atoms with Crippen LogP contribution in [0, 0.1) is 5.92 Å². The molecular weight excluding hydrogens is 262 g/mol. The molecule has 3 atom stereocenters. The van der Waals surface area contributed by atoms with Crippen molar-refractivity contribution in [1.29, 1.82) is 0 Å². The molecule has 2 rings (SSSR count). The second-order valence-electron chi connectivity index (χ2n) is 5.38. The number of nitrogens with zero attached hydrogens (tertiary/aromatic N) is 1. The lowest BCUT2D eigenvalue weighted by Gasteiger charge is -2.37. The molecule has 0 aliphatic carbocycles. The third-order valence-corrected chi connectivity index (χ3v) is 4.22. The number of rotatable bonds is 3. The highest BCUT2D eigenvalue weighted by molar-refractivity contribution is 6.31. The van der Waals surface area contributed by atoms with Crippen LogP contribution in [0.4, 0.5) is 0 Å². The highest BCUT2D eigenvalue weighted by Gasteiger charge is 2.30. The number of Topliss-reactive ketones (excluding diaryl/α,β-unsaturated/α-hetero) is 1. The van der Waals surface area contributed by atoms with Crippen molar-refractivity contribution in [2.24, 2.45) is 5.92 Å². The van der Waals surface area contributed by atoms with Crippen LogP contribution in [-0.2, 0) is 0 Å². The van der Waals surface area contributed by atoms with Gasteiger partial charge in [-0.25, -0.2) is 0 Å². The van der Waals surface area contributed by atoms with Crippen LogP contribution in [0.5, 0.6) is 0 Å². The molecule has 19 heavy (non-hydrogen) atoms. The molecule has 4 heteroatoms. The Balaban J connectivity index is 2.07. The summed E-state index contributed by atoms with van der Waals surface area (Å²) >= 11 is 5.92. The molecule has 1 heterocycles. The van der Waals surface area contributed by atoms with Crippen LogP contribution in [0.1, 0.15) is 30.6 Å². The molecule has 1 aliphatic rings. The first kappa shape index (κ1) is 14.5. The van der Waals surface area contributed by atoms with E-state index in [1.165, 1.54) is 0 Å². The number of likely N-dealkylation sites (tertiary alicyclic amines) is 1. The number of halogens is 1. The zero-order chi connectivity index (χ0) is 14.0. The summed E-state index contributed by atoms with van der Waals surface area (Å²) in [4.78, 5) is 14.5. The lowest BCUT2D eigenvalue weighted by atomic mass is 9.93. The largest absolute Gasteiger partial charge is 0.392 e. The maximum Gasteiger partial charge on any atom is 0.179 e. The average Bonchev–Trinajstić information content (AvgIpc) is 2.40. The molecule has 1 N–H and O–H groups in total. The predicted octanol–water partition coefficient (Wildman–Crippen LogP) is 2.61. The number of hydrogen-bond donors (Lipinski definition) is 1. The van der Waals surface area contributed by atoms with Gasteiger partial charge in [-0.2, -0.15) is 0 Å². The molecule has 0 saturated carbocycles. The molecule has 0 amide bonds. The number of carbonyl (C=O) groups is 1. The van der Waals surface area contributed by atoms with Gasteiger partial charge < -0.3 is 5.11 Å². The fourth-order valence-electron chi connectivity index (χ4n) is 2.47. The van der Waals surface area contributed by atoms with Crippen LogP contribution in [0.15, 0.2) is 24.3 Å². The minimum Gasteiger partial charge on any atom is -0.392 e. The van der Waals surface area contributed by atoms with Crippen molar-refractivity contribution in [3.63, 3.8) is 0 Å². The van der Waals surface area contributed by atoms with Crippen molar-refractivity contribution in [1.82, 2.24) is 4.90 Å². The number of ketones is 1. The molecule has 1 aromatic carbocycles. The normalized spacial score (nSPS) is 26.1. The quantitative estimate of drug-likeness (QED) is 0.866. The molecule has 0 spiro atoms. The summed E-state index contributed by atoms with van der Waals surface area (Å²) in [5.74, 6) is 0.369. The van der Waals surface area contributed by atoms with Gasteiger partial charge in [0.2, 0.25) is 0 Å². The first-order valence-corrected chi connectivity index (χ1v) is 7.08. The molecule has 0 radical (unpaired) electrons. The number of carbonyl (C=O) groups excluding carboxylic acids is 1. The molecular formula is C15H20ClNO2. The van der Waals surface area contributed by atoms with Crippen molar-refractivity contribution in [2.75, 3.05) is 13.1 Å². The van der Waals surface area contributed by atoms with Crippen LogP contribution >= 0.6 is 11.6 Å². The Morgan fingerprint density at radius 2 is 2.26 bits per heavy atom. The van der Waals surface area contributed by atoms with E-state index in [-0.39, 0.29) is 17.9 Å². The second-order valence-corrected chi connectivity index (χ2v) is 5.82. The molecule has 1 aliphatic heterocycles. The Hall–Kier alpha value is -0.900. The number of benzene rings is 1. The van der Waals surface area contributed by atoms with Crippen LogP contribution in [0.3, 0.4) is 0 Å². The Labute approximate surface area is 119 Å². The zero-order valence-electron chi connectivity index (χ0n) is 11.3. The van der Waals surface area contributed by atoms with E-state index >= 15 is 0 Å². The maximum absolute atomic E-state index is 12.4. The van der Waals surface area contributed by atoms with Gasteiger partial charge in [0.05, 0.1) is 12.1 Å². The molecule has 1 fully saturated rings. The van der Waals surface area contributed by atoms with Crippen LogP contribution in [0.2, 0.25) is 5.02 Å². The van der Waals surface area contributed by atoms with E-state index < -0.39 is 0 Å². The lowest BCUT2D eigenvalue weighted by molar-refractivity contribution is 0.0146. The SMILES string of the molecule is CC1CCN(C(C)C(=O)c2cccc(Cl)c2)CC1O. The van der Waals surface area contributed by atoms with Gasteiger partial charge in [-0.3, -0.25) is 9.69 Å². The first-order valence-electron chi connectivity index (χ1n) is 6.71. The fourth-order valence-corrected chi connectivity index (χ4v) is 2.66. The Kier molecular flexibility index (Phi) is 4.61. The van der Waals surface area contributed by atoms with Crippen molar-refractivity contribution in [2.45, 2.75) is 32.4 Å². The summed E-state index contributed by atoms with van der Waals surface area (Å²) in [6.07, 6.45) is 0.581. The van der Waals surface area contributed by atoms with E-state index in [1.807, 2.05) is 18.7 Å². The number of aliphatic hydroxyl groups is 1. The number of β-amino-alcohol motifs (C(OH)–C–C–N with tert-alkyl or cyclic N) is 1.